The molecule has 0 saturated carbocycles. The van der Waals surface area contributed by atoms with E-state index in [1.165, 1.54) is 4.57 Å². The molecule has 0 aromatic carbocycles. The molecule has 0 fully saturated rings. The van der Waals surface area contributed by atoms with Crippen molar-refractivity contribution in [3.05, 3.63) is 16.3 Å². The predicted molar refractivity (Wildman–Crippen MR) is 63.6 cm³/mol. The van der Waals surface area contributed by atoms with Crippen LogP contribution in [0.15, 0.2) is 4.79 Å². The van der Waals surface area contributed by atoms with Gasteiger partial charge >= 0.3 is 5.69 Å². The highest BCUT2D eigenvalue weighted by Gasteiger charge is 2.14. The summed E-state index contributed by atoms with van der Waals surface area (Å²) in [6, 6.07) is 0. The van der Waals surface area contributed by atoms with Gasteiger partial charge in [-0.3, -0.25) is 4.57 Å². The zero-order valence-corrected chi connectivity index (χ0v) is 10.6. The summed E-state index contributed by atoms with van der Waals surface area (Å²) in [5.41, 5.74) is 4.71. The Morgan fingerprint density at radius 2 is 2.17 bits per heavy atom. The van der Waals surface area contributed by atoms with Crippen molar-refractivity contribution in [1.29, 1.82) is 0 Å². The van der Waals surface area contributed by atoms with Crippen molar-refractivity contribution < 1.29 is 19.6 Å². The molecule has 102 valence electrons. The fraction of sp³-hybridized carbons (Fsp3) is 0.625. The Morgan fingerprint density at radius 1 is 1.50 bits per heavy atom. The molecule has 0 spiro atoms. The van der Waals surface area contributed by atoms with Crippen LogP contribution >= 0.6 is 8.38 Å². The minimum atomic E-state index is -2.21. The molecule has 1 rings (SSSR count). The summed E-state index contributed by atoms with van der Waals surface area (Å²) in [6.45, 7) is 1.20. The summed E-state index contributed by atoms with van der Waals surface area (Å²) >= 11 is 0. The maximum Gasteiger partial charge on any atom is 0.352 e. The number of anilines is 1. The first-order chi connectivity index (χ1) is 8.43. The quantitative estimate of drug-likeness (QED) is 0.444. The summed E-state index contributed by atoms with van der Waals surface area (Å²) in [5.74, 6) is 0.217. The normalized spacial score (nSPS) is 12.9. The highest BCUT2D eigenvalue weighted by Crippen LogP contribution is 2.23. The van der Waals surface area contributed by atoms with Crippen molar-refractivity contribution in [2.75, 3.05) is 18.7 Å². The van der Waals surface area contributed by atoms with Gasteiger partial charge in [-0.15, -0.1) is 0 Å². The van der Waals surface area contributed by atoms with Crippen molar-refractivity contribution in [2.24, 2.45) is 0 Å². The molecule has 5 N–H and O–H groups in total. The van der Waals surface area contributed by atoms with Crippen LogP contribution in [0.4, 0.5) is 5.95 Å². The lowest BCUT2D eigenvalue weighted by atomic mass is 10.3. The Labute approximate surface area is 104 Å². The van der Waals surface area contributed by atoms with E-state index in [2.05, 4.69) is 9.97 Å². The maximum atomic E-state index is 11.6. The van der Waals surface area contributed by atoms with Gasteiger partial charge in [0.2, 0.25) is 5.95 Å². The monoisotopic (exact) mass is 278 g/mol. The molecule has 1 aromatic rings. The van der Waals surface area contributed by atoms with Crippen LogP contribution < -0.4 is 11.4 Å². The van der Waals surface area contributed by atoms with Gasteiger partial charge in [-0.05, 0) is 6.92 Å². The molecule has 0 aliphatic carbocycles. The summed E-state index contributed by atoms with van der Waals surface area (Å²) in [4.78, 5) is 36.2. The van der Waals surface area contributed by atoms with Gasteiger partial charge in [-0.1, -0.05) is 0 Å². The first-order valence-electron chi connectivity index (χ1n) is 5.02. The van der Waals surface area contributed by atoms with E-state index in [-0.39, 0.29) is 25.4 Å². The number of aromatic nitrogens is 3. The SMILES string of the molecule is Cc1nc(N)nc(=O)n1C[C@@H](CO)OCP(O)O. The van der Waals surface area contributed by atoms with Crippen molar-refractivity contribution >= 4 is 14.3 Å². The molecule has 0 aliphatic heterocycles. The molecule has 0 bridgehead atoms. The lowest BCUT2D eigenvalue weighted by Crippen LogP contribution is -2.34. The number of nitrogens with zero attached hydrogens (tertiary/aromatic N) is 3. The summed E-state index contributed by atoms with van der Waals surface area (Å²) in [7, 11) is -2.21. The topological polar surface area (TPSA) is 144 Å². The zero-order chi connectivity index (χ0) is 13.7. The van der Waals surface area contributed by atoms with E-state index in [1.54, 1.807) is 6.92 Å². The Morgan fingerprint density at radius 3 is 2.67 bits per heavy atom. The Bertz CT molecular complexity index is 452. The number of hydrogen-bond donors (Lipinski definition) is 4. The van der Waals surface area contributed by atoms with Crippen LogP contribution in [0, 0.1) is 6.92 Å². The molecule has 9 nitrogen and oxygen atoms in total. The highest BCUT2D eigenvalue weighted by atomic mass is 31.2. The second kappa shape index (κ2) is 6.72. The molecule has 18 heavy (non-hydrogen) atoms. The Hall–Kier alpha value is -1.12. The van der Waals surface area contributed by atoms with Gasteiger partial charge in [0.05, 0.1) is 19.3 Å². The number of aliphatic hydroxyl groups is 1. The number of rotatable bonds is 6. The summed E-state index contributed by atoms with van der Waals surface area (Å²) < 4.78 is 6.22. The Balaban J connectivity index is 2.79. The maximum absolute atomic E-state index is 11.6. The molecule has 10 heteroatoms. The molecule has 1 heterocycles. The molecule has 0 saturated heterocycles. The average molecular weight is 278 g/mol. The van der Waals surface area contributed by atoms with E-state index < -0.39 is 20.2 Å². The molecular formula is C8H15N4O5P. The molecular weight excluding hydrogens is 263 g/mol. The third kappa shape index (κ3) is 4.28. The van der Waals surface area contributed by atoms with Crippen LogP contribution in [-0.2, 0) is 11.3 Å². The van der Waals surface area contributed by atoms with Gasteiger partial charge in [-0.2, -0.15) is 4.98 Å². The van der Waals surface area contributed by atoms with Crippen LogP contribution in [0.2, 0.25) is 0 Å². The third-order valence-electron chi connectivity index (χ3n) is 2.12. The second-order valence-electron chi connectivity index (χ2n) is 3.49. The van der Waals surface area contributed by atoms with E-state index in [0.717, 1.165) is 0 Å². The first kappa shape index (κ1) is 14.9. The van der Waals surface area contributed by atoms with E-state index in [0.29, 0.717) is 5.82 Å². The molecule has 0 radical (unpaired) electrons. The fourth-order valence-corrected chi connectivity index (χ4v) is 1.64. The van der Waals surface area contributed by atoms with Gasteiger partial charge in [0.15, 0.2) is 8.38 Å². The van der Waals surface area contributed by atoms with Crippen LogP contribution in [-0.4, -0.2) is 48.5 Å². The van der Waals surface area contributed by atoms with E-state index >= 15 is 0 Å². The molecule has 0 amide bonds. The van der Waals surface area contributed by atoms with Gasteiger partial charge in [0.1, 0.15) is 12.2 Å². The van der Waals surface area contributed by atoms with Crippen LogP contribution in [0.25, 0.3) is 0 Å². The highest BCUT2D eigenvalue weighted by molar-refractivity contribution is 7.44. The minimum Gasteiger partial charge on any atom is -0.394 e. The lowest BCUT2D eigenvalue weighted by Gasteiger charge is -2.17. The second-order valence-corrected chi connectivity index (χ2v) is 4.50. The molecule has 0 unspecified atom stereocenters. The van der Waals surface area contributed by atoms with Gasteiger partial charge < -0.3 is 25.4 Å². The number of nitrogen functional groups attached to an aromatic ring is 1. The van der Waals surface area contributed by atoms with Crippen LogP contribution in [0.3, 0.4) is 0 Å². The average Bonchev–Trinajstić information content (AvgIpc) is 2.26. The number of aryl methyl sites for hydroxylation is 1. The number of hydrogen-bond acceptors (Lipinski definition) is 8. The number of nitrogens with two attached hydrogens (primary N) is 1. The van der Waals surface area contributed by atoms with Crippen LogP contribution in [0.1, 0.15) is 5.82 Å². The van der Waals surface area contributed by atoms with Crippen molar-refractivity contribution in [1.82, 2.24) is 14.5 Å². The molecule has 1 aromatic heterocycles. The largest absolute Gasteiger partial charge is 0.394 e. The smallest absolute Gasteiger partial charge is 0.352 e. The minimum absolute atomic E-state index is 0.00458. The van der Waals surface area contributed by atoms with Crippen molar-refractivity contribution in [2.45, 2.75) is 19.6 Å². The summed E-state index contributed by atoms with van der Waals surface area (Å²) in [6.07, 6.45) is -1.05. The van der Waals surface area contributed by atoms with Crippen molar-refractivity contribution in [3.63, 3.8) is 0 Å². The molecule has 0 aliphatic rings. The predicted octanol–water partition coefficient (Wildman–Crippen LogP) is -1.84. The summed E-state index contributed by atoms with van der Waals surface area (Å²) in [5, 5.41) is 9.07. The first-order valence-corrected chi connectivity index (χ1v) is 6.46. The molecule has 1 atom stereocenters. The number of ether oxygens (including phenoxy) is 1. The Kier molecular flexibility index (Phi) is 5.57. The zero-order valence-electron chi connectivity index (χ0n) is 9.72. The lowest BCUT2D eigenvalue weighted by molar-refractivity contribution is 0.0215. The number of aliphatic hydroxyl groups excluding tert-OH is 1. The fourth-order valence-electron chi connectivity index (χ4n) is 1.30. The van der Waals surface area contributed by atoms with E-state index in [4.69, 9.17) is 25.4 Å². The van der Waals surface area contributed by atoms with Gasteiger partial charge in [-0.25, -0.2) is 9.78 Å². The van der Waals surface area contributed by atoms with Crippen LogP contribution in [0.5, 0.6) is 0 Å². The van der Waals surface area contributed by atoms with Crippen molar-refractivity contribution in [3.8, 4) is 0 Å². The van der Waals surface area contributed by atoms with Gasteiger partial charge in [0.25, 0.3) is 0 Å². The van der Waals surface area contributed by atoms with Gasteiger partial charge in [0, 0.05) is 0 Å². The third-order valence-corrected chi connectivity index (χ3v) is 2.50. The van der Waals surface area contributed by atoms with E-state index in [9.17, 15) is 4.79 Å². The van der Waals surface area contributed by atoms with E-state index in [1.807, 2.05) is 0 Å². The standard InChI is InChI=1S/C8H15N4O5P/c1-5-10-7(9)11-8(14)12(5)2-6(3-13)17-4-18(15)16/h6,13,15-16H,2-4H2,1H3,(H2,9,11,14)/t6-/m0/s1.